The summed E-state index contributed by atoms with van der Waals surface area (Å²) in [5.41, 5.74) is 0.827. The average Bonchev–Trinajstić information content (AvgIpc) is 2.41. The predicted molar refractivity (Wildman–Crippen MR) is 81.4 cm³/mol. The van der Waals surface area contributed by atoms with E-state index in [1.165, 1.54) is 0 Å². The van der Waals surface area contributed by atoms with Crippen LogP contribution in [0, 0.1) is 0 Å². The van der Waals surface area contributed by atoms with E-state index in [1.54, 1.807) is 0 Å². The molecule has 1 fully saturated rings. The molecule has 104 valence electrons. The highest BCUT2D eigenvalue weighted by Crippen LogP contribution is 2.17. The summed E-state index contributed by atoms with van der Waals surface area (Å²) in [4.78, 5) is 16.3. The normalized spacial score (nSPS) is 17.2. The Labute approximate surface area is 122 Å². The Morgan fingerprint density at radius 3 is 2.47 bits per heavy atom. The van der Waals surface area contributed by atoms with Crippen molar-refractivity contribution in [1.82, 2.24) is 9.80 Å². The Bertz CT molecular complexity index is 427. The summed E-state index contributed by atoms with van der Waals surface area (Å²) < 4.78 is 1.01. The van der Waals surface area contributed by atoms with Crippen LogP contribution in [0.25, 0.3) is 0 Å². The van der Waals surface area contributed by atoms with Crippen LogP contribution >= 0.6 is 15.9 Å². The number of hydrogen-bond donors (Lipinski definition) is 1. The van der Waals surface area contributed by atoms with Crippen molar-refractivity contribution < 1.29 is 4.79 Å². The molecule has 2 rings (SSSR count). The molecule has 0 atom stereocenters. The molecule has 19 heavy (non-hydrogen) atoms. The van der Waals surface area contributed by atoms with Crippen molar-refractivity contribution in [3.63, 3.8) is 0 Å². The molecule has 1 heterocycles. The zero-order valence-corrected chi connectivity index (χ0v) is 13.0. The maximum absolute atomic E-state index is 12.2. The third-order valence-electron chi connectivity index (χ3n) is 3.65. The standard InChI is InChI=1S/C14H20BrN3O/c1-17-9-7-13(8-10-17)18(2)14(19)16-12-5-3-11(15)4-6-12/h3-6,13H,7-10H2,1-2H3,(H,16,19). The monoisotopic (exact) mass is 325 g/mol. The van der Waals surface area contributed by atoms with E-state index in [4.69, 9.17) is 0 Å². The number of nitrogens with one attached hydrogen (secondary N) is 1. The summed E-state index contributed by atoms with van der Waals surface area (Å²) >= 11 is 3.38. The number of hydrogen-bond acceptors (Lipinski definition) is 2. The van der Waals surface area contributed by atoms with E-state index in [-0.39, 0.29) is 6.03 Å². The molecule has 0 aliphatic carbocycles. The Balaban J connectivity index is 1.90. The van der Waals surface area contributed by atoms with Crippen LogP contribution in [0.5, 0.6) is 0 Å². The van der Waals surface area contributed by atoms with Crippen LogP contribution in [0.2, 0.25) is 0 Å². The van der Waals surface area contributed by atoms with Gasteiger partial charge in [0.05, 0.1) is 0 Å². The van der Waals surface area contributed by atoms with Crippen molar-refractivity contribution >= 4 is 27.6 Å². The van der Waals surface area contributed by atoms with E-state index in [0.717, 1.165) is 36.1 Å². The van der Waals surface area contributed by atoms with Crippen molar-refractivity contribution in [1.29, 1.82) is 0 Å². The first-order valence-electron chi connectivity index (χ1n) is 6.54. The number of benzene rings is 1. The fourth-order valence-electron chi connectivity index (χ4n) is 2.29. The van der Waals surface area contributed by atoms with Gasteiger partial charge in [-0.1, -0.05) is 15.9 Å². The van der Waals surface area contributed by atoms with E-state index >= 15 is 0 Å². The molecule has 0 aromatic heterocycles. The third kappa shape index (κ3) is 3.94. The quantitative estimate of drug-likeness (QED) is 0.907. The van der Waals surface area contributed by atoms with Gasteiger partial charge < -0.3 is 15.1 Å². The van der Waals surface area contributed by atoms with E-state index in [0.29, 0.717) is 6.04 Å². The molecule has 2 amide bonds. The maximum Gasteiger partial charge on any atom is 0.321 e. The van der Waals surface area contributed by atoms with Gasteiger partial charge in [-0.2, -0.15) is 0 Å². The highest BCUT2D eigenvalue weighted by Gasteiger charge is 2.23. The first kappa shape index (κ1) is 14.3. The lowest BCUT2D eigenvalue weighted by Crippen LogP contribution is -2.46. The van der Waals surface area contributed by atoms with Gasteiger partial charge in [0, 0.05) is 23.2 Å². The topological polar surface area (TPSA) is 35.6 Å². The molecule has 1 aromatic rings. The van der Waals surface area contributed by atoms with Gasteiger partial charge in [0.1, 0.15) is 0 Å². The molecule has 0 unspecified atom stereocenters. The molecular weight excluding hydrogens is 306 g/mol. The van der Waals surface area contributed by atoms with Gasteiger partial charge in [0.25, 0.3) is 0 Å². The van der Waals surface area contributed by atoms with Gasteiger partial charge in [-0.3, -0.25) is 0 Å². The van der Waals surface area contributed by atoms with E-state index < -0.39 is 0 Å². The van der Waals surface area contributed by atoms with Gasteiger partial charge in [-0.25, -0.2) is 4.79 Å². The molecule has 5 heteroatoms. The lowest BCUT2D eigenvalue weighted by Gasteiger charge is -2.35. The summed E-state index contributed by atoms with van der Waals surface area (Å²) in [7, 11) is 4.00. The van der Waals surface area contributed by atoms with Crippen molar-refractivity contribution in [2.75, 3.05) is 32.5 Å². The Hall–Kier alpha value is -1.07. The van der Waals surface area contributed by atoms with E-state index in [2.05, 4.69) is 33.2 Å². The summed E-state index contributed by atoms with van der Waals surface area (Å²) in [5.74, 6) is 0. The van der Waals surface area contributed by atoms with Crippen LogP contribution in [0.15, 0.2) is 28.7 Å². The van der Waals surface area contributed by atoms with Crippen LogP contribution in [-0.4, -0.2) is 49.1 Å². The second kappa shape index (κ2) is 6.39. The van der Waals surface area contributed by atoms with Gasteiger partial charge in [0.15, 0.2) is 0 Å². The number of rotatable bonds is 2. The summed E-state index contributed by atoms with van der Waals surface area (Å²) in [6.07, 6.45) is 2.08. The van der Waals surface area contributed by atoms with Crippen LogP contribution in [-0.2, 0) is 0 Å². The van der Waals surface area contributed by atoms with Crippen molar-refractivity contribution in [2.24, 2.45) is 0 Å². The van der Waals surface area contributed by atoms with Crippen molar-refractivity contribution in [2.45, 2.75) is 18.9 Å². The molecule has 1 aromatic carbocycles. The van der Waals surface area contributed by atoms with Crippen LogP contribution in [0.3, 0.4) is 0 Å². The number of carbonyl (C=O) groups excluding carboxylic acids is 1. The maximum atomic E-state index is 12.2. The second-order valence-corrected chi connectivity index (χ2v) is 6.00. The number of piperidine rings is 1. The molecule has 0 saturated carbocycles. The number of anilines is 1. The first-order chi connectivity index (χ1) is 9.06. The van der Waals surface area contributed by atoms with Crippen molar-refractivity contribution in [3.05, 3.63) is 28.7 Å². The molecule has 0 spiro atoms. The molecule has 4 nitrogen and oxygen atoms in total. The summed E-state index contributed by atoms with van der Waals surface area (Å²) in [6.45, 7) is 2.11. The van der Waals surface area contributed by atoms with E-state index in [1.807, 2.05) is 36.2 Å². The van der Waals surface area contributed by atoms with Gasteiger partial charge >= 0.3 is 6.03 Å². The zero-order valence-electron chi connectivity index (χ0n) is 11.4. The highest BCUT2D eigenvalue weighted by atomic mass is 79.9. The lowest BCUT2D eigenvalue weighted by molar-refractivity contribution is 0.156. The number of likely N-dealkylation sites (tertiary alicyclic amines) is 1. The minimum absolute atomic E-state index is 0.0307. The summed E-state index contributed by atoms with van der Waals surface area (Å²) in [5, 5.41) is 2.93. The molecule has 1 N–H and O–H groups in total. The van der Waals surface area contributed by atoms with Crippen molar-refractivity contribution in [3.8, 4) is 0 Å². The number of carbonyl (C=O) groups is 1. The van der Waals surface area contributed by atoms with Crippen LogP contribution in [0.1, 0.15) is 12.8 Å². The largest absolute Gasteiger partial charge is 0.325 e. The Morgan fingerprint density at radius 1 is 1.32 bits per heavy atom. The highest BCUT2D eigenvalue weighted by molar-refractivity contribution is 9.10. The average molecular weight is 326 g/mol. The second-order valence-electron chi connectivity index (χ2n) is 5.08. The predicted octanol–water partition coefficient (Wildman–Crippen LogP) is 3.01. The van der Waals surface area contributed by atoms with Crippen LogP contribution in [0.4, 0.5) is 10.5 Å². The number of nitrogens with zero attached hydrogens (tertiary/aromatic N) is 2. The SMILES string of the molecule is CN1CCC(N(C)C(=O)Nc2ccc(Br)cc2)CC1. The first-order valence-corrected chi connectivity index (χ1v) is 7.33. The molecule has 1 aliphatic rings. The molecular formula is C14H20BrN3O. The van der Waals surface area contributed by atoms with Gasteiger partial charge in [-0.05, 0) is 57.2 Å². The molecule has 0 radical (unpaired) electrons. The fourth-order valence-corrected chi connectivity index (χ4v) is 2.56. The number of halogens is 1. The minimum Gasteiger partial charge on any atom is -0.325 e. The lowest BCUT2D eigenvalue weighted by atomic mass is 10.0. The summed E-state index contributed by atoms with van der Waals surface area (Å²) in [6, 6.07) is 7.94. The van der Waals surface area contributed by atoms with Crippen LogP contribution < -0.4 is 5.32 Å². The number of urea groups is 1. The Morgan fingerprint density at radius 2 is 1.89 bits per heavy atom. The smallest absolute Gasteiger partial charge is 0.321 e. The minimum atomic E-state index is -0.0307. The number of amides is 2. The van der Waals surface area contributed by atoms with Gasteiger partial charge in [0.2, 0.25) is 0 Å². The van der Waals surface area contributed by atoms with E-state index in [9.17, 15) is 4.79 Å². The molecule has 0 bridgehead atoms. The fraction of sp³-hybridized carbons (Fsp3) is 0.500. The molecule has 1 saturated heterocycles. The van der Waals surface area contributed by atoms with Gasteiger partial charge in [-0.15, -0.1) is 0 Å². The molecule has 1 aliphatic heterocycles. The Kier molecular flexibility index (Phi) is 4.82. The third-order valence-corrected chi connectivity index (χ3v) is 4.18. The zero-order chi connectivity index (χ0) is 13.8.